The van der Waals surface area contributed by atoms with Crippen LogP contribution in [-0.4, -0.2) is 46.6 Å². The SMILES string of the molecule is C=CC(=O)N1CC[C@H](Oc2nc3c(Nc4ccc(OC(F)F)c(Cl)c4F)c(C#N)cnc3cc2F)C1. The Morgan fingerprint density at radius 3 is 2.86 bits per heavy atom. The second kappa shape index (κ2) is 10.2. The second-order valence-corrected chi connectivity index (χ2v) is 7.94. The van der Waals surface area contributed by atoms with Gasteiger partial charge in [-0.25, -0.2) is 13.8 Å². The van der Waals surface area contributed by atoms with Gasteiger partial charge in [-0.3, -0.25) is 9.78 Å². The summed E-state index contributed by atoms with van der Waals surface area (Å²) in [4.78, 5) is 21.5. The van der Waals surface area contributed by atoms with Crippen LogP contribution in [0.5, 0.6) is 11.6 Å². The van der Waals surface area contributed by atoms with E-state index in [9.17, 15) is 27.6 Å². The molecule has 0 aliphatic carbocycles. The maximum atomic E-state index is 14.8. The van der Waals surface area contributed by atoms with E-state index in [1.807, 2.05) is 6.07 Å². The van der Waals surface area contributed by atoms with Crippen LogP contribution >= 0.6 is 11.6 Å². The Morgan fingerprint density at radius 2 is 2.17 bits per heavy atom. The molecule has 3 aromatic rings. The third-order valence-corrected chi connectivity index (χ3v) is 5.67. The van der Waals surface area contributed by atoms with Gasteiger partial charge in [0.15, 0.2) is 11.6 Å². The van der Waals surface area contributed by atoms with Gasteiger partial charge in [0.1, 0.15) is 28.5 Å². The largest absolute Gasteiger partial charge is 0.470 e. The number of ether oxygens (including phenoxy) is 2. The molecule has 0 radical (unpaired) electrons. The molecule has 0 saturated carbocycles. The molecule has 1 aliphatic heterocycles. The van der Waals surface area contributed by atoms with Crippen molar-refractivity contribution >= 4 is 39.9 Å². The number of pyridine rings is 2. The minimum Gasteiger partial charge on any atom is -0.470 e. The van der Waals surface area contributed by atoms with Gasteiger partial charge >= 0.3 is 6.61 Å². The molecule has 4 rings (SSSR count). The highest BCUT2D eigenvalue weighted by atomic mass is 35.5. The Bertz CT molecular complexity index is 1400. The third kappa shape index (κ3) is 4.96. The number of hydrogen-bond acceptors (Lipinski definition) is 7. The van der Waals surface area contributed by atoms with E-state index in [2.05, 4.69) is 26.6 Å². The fraction of sp³-hybridized carbons (Fsp3) is 0.217. The van der Waals surface area contributed by atoms with Gasteiger partial charge in [-0.2, -0.15) is 14.0 Å². The molecule has 1 aliphatic rings. The second-order valence-electron chi connectivity index (χ2n) is 7.56. The Morgan fingerprint density at radius 1 is 1.39 bits per heavy atom. The molecule has 1 amide bonds. The van der Waals surface area contributed by atoms with Gasteiger partial charge in [-0.05, 0) is 18.2 Å². The van der Waals surface area contributed by atoms with Crippen LogP contribution in [0.25, 0.3) is 11.0 Å². The number of fused-ring (bicyclic) bond motifs is 1. The summed E-state index contributed by atoms with van der Waals surface area (Å²) in [5, 5.41) is 11.5. The van der Waals surface area contributed by atoms with Crippen molar-refractivity contribution in [3.05, 3.63) is 59.3 Å². The monoisotopic (exact) mass is 521 g/mol. The van der Waals surface area contributed by atoms with Crippen molar-refractivity contribution in [2.24, 2.45) is 0 Å². The first-order valence-electron chi connectivity index (χ1n) is 10.4. The predicted molar refractivity (Wildman–Crippen MR) is 121 cm³/mol. The summed E-state index contributed by atoms with van der Waals surface area (Å²) < 4.78 is 64.4. The van der Waals surface area contributed by atoms with E-state index in [1.54, 1.807) is 0 Å². The maximum Gasteiger partial charge on any atom is 0.387 e. The number of carbonyl (C=O) groups is 1. The Hall–Kier alpha value is -4.11. The van der Waals surface area contributed by atoms with E-state index >= 15 is 0 Å². The molecule has 8 nitrogen and oxygen atoms in total. The van der Waals surface area contributed by atoms with E-state index in [4.69, 9.17) is 16.3 Å². The number of nitriles is 1. The normalized spacial score (nSPS) is 15.1. The van der Waals surface area contributed by atoms with Crippen molar-refractivity contribution in [2.75, 3.05) is 18.4 Å². The highest BCUT2D eigenvalue weighted by Crippen LogP contribution is 2.37. The van der Waals surface area contributed by atoms with Crippen molar-refractivity contribution in [2.45, 2.75) is 19.1 Å². The smallest absolute Gasteiger partial charge is 0.387 e. The topological polar surface area (TPSA) is 100 Å². The van der Waals surface area contributed by atoms with Gasteiger partial charge in [0, 0.05) is 25.2 Å². The maximum absolute atomic E-state index is 14.8. The fourth-order valence-electron chi connectivity index (χ4n) is 3.63. The standard InChI is InChI=1S/C23H16ClF4N5O3/c1-2-17(34)33-6-5-12(10-33)35-22-13(25)7-15-21(32-22)20(11(8-29)9-30-15)31-14-3-4-16(36-23(27)28)18(24)19(14)26/h2-4,7,9,12,23H,1,5-6,10H2,(H,30,31)/t12-/m0/s1. The Balaban J connectivity index is 1.70. The van der Waals surface area contributed by atoms with Gasteiger partial charge in [0.2, 0.25) is 5.91 Å². The molecule has 1 atom stereocenters. The zero-order valence-corrected chi connectivity index (χ0v) is 19.0. The lowest BCUT2D eigenvalue weighted by Crippen LogP contribution is -2.29. The number of likely N-dealkylation sites (tertiary alicyclic amines) is 1. The molecule has 1 saturated heterocycles. The number of halogens is 5. The predicted octanol–water partition coefficient (Wildman–Crippen LogP) is 4.94. The van der Waals surface area contributed by atoms with Gasteiger partial charge in [-0.1, -0.05) is 18.2 Å². The lowest BCUT2D eigenvalue weighted by molar-refractivity contribution is -0.125. The number of aromatic nitrogens is 2. The van der Waals surface area contributed by atoms with Crippen molar-refractivity contribution in [1.82, 2.24) is 14.9 Å². The number of benzene rings is 1. The summed E-state index contributed by atoms with van der Waals surface area (Å²) in [7, 11) is 0. The van der Waals surface area contributed by atoms with Crippen LogP contribution in [0.2, 0.25) is 5.02 Å². The summed E-state index contributed by atoms with van der Waals surface area (Å²) in [6.45, 7) is 0.807. The molecule has 1 aromatic carbocycles. The molecule has 0 unspecified atom stereocenters. The molecule has 1 fully saturated rings. The first-order chi connectivity index (χ1) is 17.2. The van der Waals surface area contributed by atoms with Crippen LogP contribution < -0.4 is 14.8 Å². The number of rotatable bonds is 7. The summed E-state index contributed by atoms with van der Waals surface area (Å²) in [6.07, 6.45) is 2.19. The lowest BCUT2D eigenvalue weighted by Gasteiger charge is -2.17. The van der Waals surface area contributed by atoms with Crippen LogP contribution in [0, 0.1) is 23.0 Å². The number of nitrogens with zero attached hydrogens (tertiary/aromatic N) is 4. The van der Waals surface area contributed by atoms with Crippen LogP contribution in [0.3, 0.4) is 0 Å². The summed E-state index contributed by atoms with van der Waals surface area (Å²) in [5.74, 6) is -3.22. The Labute approximate surface area is 206 Å². The molecular weight excluding hydrogens is 506 g/mol. The van der Waals surface area contributed by atoms with E-state index in [0.717, 1.165) is 24.4 Å². The van der Waals surface area contributed by atoms with Gasteiger partial charge in [0.05, 0.1) is 29.0 Å². The van der Waals surface area contributed by atoms with Crippen LogP contribution in [0.15, 0.2) is 37.1 Å². The summed E-state index contributed by atoms with van der Waals surface area (Å²) in [5.41, 5.74) is -0.390. The van der Waals surface area contributed by atoms with E-state index in [0.29, 0.717) is 13.0 Å². The molecule has 36 heavy (non-hydrogen) atoms. The minimum absolute atomic E-state index is 0.0223. The zero-order valence-electron chi connectivity index (χ0n) is 18.3. The van der Waals surface area contributed by atoms with E-state index in [1.165, 1.54) is 11.0 Å². The molecule has 186 valence electrons. The molecule has 1 N–H and O–H groups in total. The number of amides is 1. The number of alkyl halides is 2. The van der Waals surface area contributed by atoms with Crippen molar-refractivity contribution in [3.8, 4) is 17.7 Å². The minimum atomic E-state index is -3.21. The fourth-order valence-corrected chi connectivity index (χ4v) is 3.84. The molecule has 2 aromatic heterocycles. The summed E-state index contributed by atoms with van der Waals surface area (Å²) >= 11 is 5.82. The van der Waals surface area contributed by atoms with E-state index in [-0.39, 0.29) is 40.4 Å². The number of anilines is 2. The van der Waals surface area contributed by atoms with Crippen molar-refractivity contribution < 1.29 is 31.8 Å². The third-order valence-electron chi connectivity index (χ3n) is 5.32. The number of nitrogens with one attached hydrogen (secondary N) is 1. The van der Waals surface area contributed by atoms with E-state index < -0.39 is 41.0 Å². The molecule has 0 bridgehead atoms. The first-order valence-corrected chi connectivity index (χ1v) is 10.8. The highest BCUT2D eigenvalue weighted by Gasteiger charge is 2.28. The van der Waals surface area contributed by atoms with Crippen molar-refractivity contribution in [3.63, 3.8) is 0 Å². The van der Waals surface area contributed by atoms with Gasteiger partial charge < -0.3 is 19.7 Å². The molecule has 13 heteroatoms. The Kier molecular flexibility index (Phi) is 7.12. The lowest BCUT2D eigenvalue weighted by atomic mass is 10.1. The number of carbonyl (C=O) groups excluding carboxylic acids is 1. The molecule has 0 spiro atoms. The zero-order chi connectivity index (χ0) is 26.0. The van der Waals surface area contributed by atoms with Crippen LogP contribution in [0.4, 0.5) is 28.9 Å². The highest BCUT2D eigenvalue weighted by molar-refractivity contribution is 6.32. The van der Waals surface area contributed by atoms with Crippen molar-refractivity contribution in [1.29, 1.82) is 5.26 Å². The molecule has 3 heterocycles. The van der Waals surface area contributed by atoms with Gasteiger partial charge in [0.25, 0.3) is 5.88 Å². The summed E-state index contributed by atoms with van der Waals surface area (Å²) in [6, 6.07) is 5.02. The van der Waals surface area contributed by atoms with Crippen LogP contribution in [0.1, 0.15) is 12.0 Å². The first kappa shape index (κ1) is 25.0. The van der Waals surface area contributed by atoms with Crippen LogP contribution in [-0.2, 0) is 4.79 Å². The average Bonchev–Trinajstić information content (AvgIpc) is 3.32. The quantitative estimate of drug-likeness (QED) is 0.347. The average molecular weight is 522 g/mol. The number of hydrogen-bond donors (Lipinski definition) is 1. The molecular formula is C23H16ClF4N5O3. The van der Waals surface area contributed by atoms with Gasteiger partial charge in [-0.15, -0.1) is 0 Å².